The number of β-amino-alcohol motifs (C(OH)–C–C–N with tert-alkyl or cyclic N) is 1. The summed E-state index contributed by atoms with van der Waals surface area (Å²) < 4.78 is 0. The number of aromatic nitrogens is 1. The fraction of sp³-hybridized carbons (Fsp3) is 0.552. The zero-order valence-corrected chi connectivity index (χ0v) is 25.1. The van der Waals surface area contributed by atoms with Crippen LogP contribution in [0.5, 0.6) is 0 Å². The molecule has 224 valence electrons. The van der Waals surface area contributed by atoms with Gasteiger partial charge in [0.25, 0.3) is 0 Å². The van der Waals surface area contributed by atoms with E-state index in [1.807, 2.05) is 64.4 Å². The van der Waals surface area contributed by atoms with Gasteiger partial charge in [0.15, 0.2) is 0 Å². The maximum atomic E-state index is 13.7. The van der Waals surface area contributed by atoms with E-state index in [9.17, 15) is 24.3 Å². The van der Waals surface area contributed by atoms with Crippen molar-refractivity contribution in [2.75, 3.05) is 19.7 Å². The Bertz CT molecular complexity index is 1230. The largest absolute Gasteiger partial charge is 0.391 e. The molecule has 0 radical (unpaired) electrons. The molecule has 0 aliphatic carbocycles. The third-order valence-electron chi connectivity index (χ3n) is 7.11. The minimum atomic E-state index is -0.928. The Kier molecular flexibility index (Phi) is 11.0. The average molecular weight is 588 g/mol. The van der Waals surface area contributed by atoms with Crippen molar-refractivity contribution in [3.8, 4) is 10.4 Å². The molecule has 1 aliphatic heterocycles. The summed E-state index contributed by atoms with van der Waals surface area (Å²) in [5, 5.41) is 27.4. The van der Waals surface area contributed by atoms with E-state index in [1.165, 1.54) is 4.90 Å². The lowest BCUT2D eigenvalue weighted by Gasteiger charge is -2.35. The molecule has 0 saturated carbocycles. The van der Waals surface area contributed by atoms with Crippen molar-refractivity contribution >= 4 is 35.0 Å². The first-order valence-electron chi connectivity index (χ1n) is 13.8. The number of thiazole rings is 1. The summed E-state index contributed by atoms with van der Waals surface area (Å²) in [6, 6.07) is 5.74. The highest BCUT2D eigenvalue weighted by molar-refractivity contribution is 7.13. The van der Waals surface area contributed by atoms with Gasteiger partial charge in [0.1, 0.15) is 18.7 Å². The summed E-state index contributed by atoms with van der Waals surface area (Å²) >= 11 is 1.57. The fourth-order valence-electron chi connectivity index (χ4n) is 4.78. The quantitative estimate of drug-likeness (QED) is 0.250. The Morgan fingerprint density at radius 2 is 1.80 bits per heavy atom. The highest BCUT2D eigenvalue weighted by atomic mass is 32.1. The van der Waals surface area contributed by atoms with Crippen LogP contribution in [-0.4, -0.2) is 81.6 Å². The highest BCUT2D eigenvalue weighted by Gasteiger charge is 2.44. The minimum Gasteiger partial charge on any atom is -0.391 e. The zero-order valence-electron chi connectivity index (χ0n) is 24.3. The summed E-state index contributed by atoms with van der Waals surface area (Å²) in [6.07, 6.45) is -0.364. The molecule has 1 aromatic carbocycles. The maximum Gasteiger partial charge on any atom is 0.246 e. The molecule has 2 aromatic rings. The van der Waals surface area contributed by atoms with Crippen LogP contribution in [0.4, 0.5) is 0 Å². The van der Waals surface area contributed by atoms with Crippen molar-refractivity contribution in [3.63, 3.8) is 0 Å². The molecule has 4 atom stereocenters. The standard InChI is InChI=1S/C29H41N5O6S/c1-17(19-8-10-20(11-9-19)25-18(2)31-16-41-25)32-27(39)22-13-21(36)14-34(22)28(40)26(29(3,4)5)33-23(37)7-6-12-30-24(38)15-35/h8-11,16-17,21-22,26,35-36H,6-7,12-15H2,1-5H3,(H,30,38)(H,32,39)(H,33,37)/t17-,21+,22-,26+/m0/s1. The maximum absolute atomic E-state index is 13.7. The molecule has 1 aromatic heterocycles. The van der Waals surface area contributed by atoms with Crippen LogP contribution in [0.2, 0.25) is 0 Å². The number of amides is 4. The molecule has 11 nitrogen and oxygen atoms in total. The topological polar surface area (TPSA) is 161 Å². The molecule has 1 saturated heterocycles. The zero-order chi connectivity index (χ0) is 30.3. The van der Waals surface area contributed by atoms with Crippen LogP contribution in [0.1, 0.15) is 64.3 Å². The van der Waals surface area contributed by atoms with Crippen molar-refractivity contribution in [3.05, 3.63) is 41.0 Å². The third kappa shape index (κ3) is 8.57. The van der Waals surface area contributed by atoms with Gasteiger partial charge in [0.05, 0.1) is 28.2 Å². The summed E-state index contributed by atoms with van der Waals surface area (Å²) in [5.41, 5.74) is 4.05. The highest BCUT2D eigenvalue weighted by Crippen LogP contribution is 2.29. The summed E-state index contributed by atoms with van der Waals surface area (Å²) in [7, 11) is 0. The Hall–Kier alpha value is -3.35. The number of likely N-dealkylation sites (tertiary alicyclic amines) is 1. The van der Waals surface area contributed by atoms with E-state index < -0.39 is 42.0 Å². The number of aliphatic hydroxyl groups excluding tert-OH is 2. The van der Waals surface area contributed by atoms with E-state index in [-0.39, 0.29) is 43.8 Å². The van der Waals surface area contributed by atoms with E-state index >= 15 is 0 Å². The minimum absolute atomic E-state index is 0.0101. The van der Waals surface area contributed by atoms with E-state index in [4.69, 9.17) is 5.11 Å². The molecule has 0 bridgehead atoms. The van der Waals surface area contributed by atoms with Crippen molar-refractivity contribution in [2.24, 2.45) is 5.41 Å². The lowest BCUT2D eigenvalue weighted by Crippen LogP contribution is -2.57. The van der Waals surface area contributed by atoms with Gasteiger partial charge in [-0.15, -0.1) is 11.3 Å². The smallest absolute Gasteiger partial charge is 0.246 e. The van der Waals surface area contributed by atoms with Crippen molar-refractivity contribution in [2.45, 2.75) is 78.1 Å². The predicted octanol–water partition coefficient (Wildman–Crippen LogP) is 1.68. The first-order chi connectivity index (χ1) is 19.3. The van der Waals surface area contributed by atoms with E-state index in [2.05, 4.69) is 20.9 Å². The number of carbonyl (C=O) groups excluding carboxylic acids is 4. The number of aliphatic hydroxyl groups is 2. The molecular formula is C29H41N5O6S. The normalized spacial score (nSPS) is 18.5. The first kappa shape index (κ1) is 32.2. The Morgan fingerprint density at radius 3 is 2.39 bits per heavy atom. The lowest BCUT2D eigenvalue weighted by molar-refractivity contribution is -0.144. The van der Waals surface area contributed by atoms with Gasteiger partial charge in [0, 0.05) is 25.9 Å². The van der Waals surface area contributed by atoms with Crippen LogP contribution in [0.25, 0.3) is 10.4 Å². The van der Waals surface area contributed by atoms with E-state index in [0.29, 0.717) is 6.42 Å². The number of hydrogen-bond acceptors (Lipinski definition) is 8. The molecule has 2 heterocycles. The number of nitrogens with zero attached hydrogens (tertiary/aromatic N) is 2. The Balaban J connectivity index is 1.65. The number of aryl methyl sites for hydroxylation is 1. The van der Waals surface area contributed by atoms with Crippen LogP contribution in [0, 0.1) is 12.3 Å². The molecule has 0 unspecified atom stereocenters. The van der Waals surface area contributed by atoms with Gasteiger partial charge in [-0.05, 0) is 36.8 Å². The van der Waals surface area contributed by atoms with Crippen LogP contribution in [0.15, 0.2) is 29.8 Å². The van der Waals surface area contributed by atoms with Gasteiger partial charge in [-0.3, -0.25) is 19.2 Å². The number of benzene rings is 1. The van der Waals surface area contributed by atoms with E-state index in [0.717, 1.165) is 21.7 Å². The fourth-order valence-corrected chi connectivity index (χ4v) is 5.59. The summed E-state index contributed by atoms with van der Waals surface area (Å²) in [6.45, 7) is 8.86. The van der Waals surface area contributed by atoms with Crippen molar-refractivity contribution < 1.29 is 29.4 Å². The van der Waals surface area contributed by atoms with Gasteiger partial charge in [-0.25, -0.2) is 4.98 Å². The number of rotatable bonds is 11. The SMILES string of the molecule is Cc1ncsc1-c1ccc([C@H](C)NC(=O)[C@@H]2C[C@@H](O)CN2C(=O)[C@@H](NC(=O)CCCNC(=O)CO)C(C)(C)C)cc1. The molecule has 41 heavy (non-hydrogen) atoms. The number of carbonyl (C=O) groups is 4. The molecule has 3 rings (SSSR count). The van der Waals surface area contributed by atoms with Crippen LogP contribution in [-0.2, 0) is 19.2 Å². The molecule has 5 N–H and O–H groups in total. The molecule has 1 aliphatic rings. The number of nitrogens with one attached hydrogen (secondary N) is 3. The van der Waals surface area contributed by atoms with Crippen molar-refractivity contribution in [1.82, 2.24) is 25.8 Å². The lowest BCUT2D eigenvalue weighted by atomic mass is 9.85. The predicted molar refractivity (Wildman–Crippen MR) is 156 cm³/mol. The molecular weight excluding hydrogens is 546 g/mol. The first-order valence-corrected chi connectivity index (χ1v) is 14.7. The van der Waals surface area contributed by atoms with Gasteiger partial charge in [0.2, 0.25) is 23.6 Å². The second-order valence-corrected chi connectivity index (χ2v) is 12.3. The Labute approximate surface area is 244 Å². The van der Waals surface area contributed by atoms with Gasteiger partial charge in [-0.1, -0.05) is 45.0 Å². The summed E-state index contributed by atoms with van der Waals surface area (Å²) in [5.74, 6) is -1.71. The van der Waals surface area contributed by atoms with Gasteiger partial charge < -0.3 is 31.1 Å². The van der Waals surface area contributed by atoms with Gasteiger partial charge in [-0.2, -0.15) is 0 Å². The van der Waals surface area contributed by atoms with Crippen LogP contribution < -0.4 is 16.0 Å². The molecule has 12 heteroatoms. The number of hydrogen-bond donors (Lipinski definition) is 5. The van der Waals surface area contributed by atoms with Crippen LogP contribution >= 0.6 is 11.3 Å². The van der Waals surface area contributed by atoms with E-state index in [1.54, 1.807) is 11.3 Å². The molecule has 4 amide bonds. The molecule has 0 spiro atoms. The van der Waals surface area contributed by atoms with Crippen LogP contribution in [0.3, 0.4) is 0 Å². The second-order valence-electron chi connectivity index (χ2n) is 11.5. The van der Waals surface area contributed by atoms with Crippen molar-refractivity contribution in [1.29, 1.82) is 0 Å². The summed E-state index contributed by atoms with van der Waals surface area (Å²) in [4.78, 5) is 57.7. The molecule has 1 fully saturated rings. The monoisotopic (exact) mass is 587 g/mol. The average Bonchev–Trinajstić information content (AvgIpc) is 3.53. The third-order valence-corrected chi connectivity index (χ3v) is 8.08. The Morgan fingerprint density at radius 1 is 1.12 bits per heavy atom. The second kappa shape index (κ2) is 14.0. The van der Waals surface area contributed by atoms with Gasteiger partial charge >= 0.3 is 0 Å².